The number of hydrogen-bond acceptors (Lipinski definition) is 4. The minimum absolute atomic E-state index is 0. The smallest absolute Gasteiger partial charge is 0.873 e. The molecule has 8 heteroatoms. The molecular weight excluding hydrogens is 332 g/mol. The van der Waals surface area contributed by atoms with Crippen LogP contribution in [0.3, 0.4) is 0 Å². The molecular formula is C20H12Li4O4. The van der Waals surface area contributed by atoms with Crippen molar-refractivity contribution in [2.24, 2.45) is 0 Å². The van der Waals surface area contributed by atoms with E-state index in [1.807, 2.05) is 48.5 Å². The third-order valence-corrected chi connectivity index (χ3v) is 3.62. The molecule has 0 fully saturated rings. The Hall–Kier alpha value is -1.01. The molecule has 0 amide bonds. The number of fused-ring (bicyclic) bond motifs is 2. The van der Waals surface area contributed by atoms with Gasteiger partial charge in [-0.3, -0.25) is 0 Å². The fourth-order valence-electron chi connectivity index (χ4n) is 2.40. The molecule has 0 bridgehead atoms. The van der Waals surface area contributed by atoms with E-state index in [4.69, 9.17) is 0 Å². The van der Waals surface area contributed by atoms with Crippen molar-refractivity contribution >= 4 is 21.5 Å². The first-order valence-electron chi connectivity index (χ1n) is 7.28. The Morgan fingerprint density at radius 1 is 0.357 bits per heavy atom. The summed E-state index contributed by atoms with van der Waals surface area (Å²) in [4.78, 5) is 0. The molecule has 4 aromatic carbocycles. The van der Waals surface area contributed by atoms with Gasteiger partial charge in [0, 0.05) is 0 Å². The van der Waals surface area contributed by atoms with Crippen molar-refractivity contribution in [3.63, 3.8) is 0 Å². The van der Waals surface area contributed by atoms with Gasteiger partial charge in [-0.1, -0.05) is 72.8 Å². The van der Waals surface area contributed by atoms with E-state index in [0.29, 0.717) is 0 Å². The summed E-state index contributed by atoms with van der Waals surface area (Å²) in [5, 5.41) is 47.0. The standard InChI is InChI=1S/2C10H8O2.4Li/c2*11-9-5-7-3-1-2-4-8(7)6-10(9)12;;;;/h2*1-6,11-12H;;;;/q;;4*+1/p-4. The van der Waals surface area contributed by atoms with E-state index < -0.39 is 23.0 Å². The van der Waals surface area contributed by atoms with Gasteiger partial charge in [0.2, 0.25) is 0 Å². The zero-order chi connectivity index (χ0) is 17.1. The van der Waals surface area contributed by atoms with Crippen LogP contribution in [0.1, 0.15) is 0 Å². The Bertz CT molecular complexity index is 861. The summed E-state index contributed by atoms with van der Waals surface area (Å²) in [5.74, 6) is -1.75. The van der Waals surface area contributed by atoms with Crippen LogP contribution in [0.5, 0.6) is 23.0 Å². The molecule has 28 heavy (non-hydrogen) atoms. The van der Waals surface area contributed by atoms with Crippen LogP contribution in [0.15, 0.2) is 72.8 Å². The maximum Gasteiger partial charge on any atom is 1.00 e. The maximum absolute atomic E-state index is 10.9. The minimum atomic E-state index is -0.436. The van der Waals surface area contributed by atoms with Gasteiger partial charge in [-0.2, -0.15) is 0 Å². The first-order chi connectivity index (χ1) is 11.5. The van der Waals surface area contributed by atoms with E-state index in [0.717, 1.165) is 21.5 Å². The third kappa shape index (κ3) is 7.11. The van der Waals surface area contributed by atoms with E-state index in [-0.39, 0.29) is 75.4 Å². The van der Waals surface area contributed by atoms with Gasteiger partial charge in [0.15, 0.2) is 0 Å². The van der Waals surface area contributed by atoms with E-state index in [9.17, 15) is 20.4 Å². The van der Waals surface area contributed by atoms with Crippen LogP contribution in [0.25, 0.3) is 21.5 Å². The van der Waals surface area contributed by atoms with Gasteiger partial charge >= 0.3 is 75.4 Å². The summed E-state index contributed by atoms with van der Waals surface area (Å²) in [6.45, 7) is 0. The van der Waals surface area contributed by atoms with Crippen LogP contribution in [-0.4, -0.2) is 0 Å². The van der Waals surface area contributed by atoms with E-state index >= 15 is 0 Å². The van der Waals surface area contributed by atoms with E-state index in [2.05, 4.69) is 0 Å². The van der Waals surface area contributed by atoms with Gasteiger partial charge < -0.3 is 20.4 Å². The van der Waals surface area contributed by atoms with Gasteiger partial charge in [0.05, 0.1) is 0 Å². The van der Waals surface area contributed by atoms with Crippen LogP contribution >= 0.6 is 0 Å². The van der Waals surface area contributed by atoms with Gasteiger partial charge in [-0.15, -0.1) is 23.0 Å². The minimum Gasteiger partial charge on any atom is -0.873 e. The van der Waals surface area contributed by atoms with Crippen LogP contribution in [0, 0.1) is 0 Å². The Labute approximate surface area is 211 Å². The molecule has 0 aromatic heterocycles. The predicted octanol–water partition coefficient (Wildman–Crippen LogP) is -10.0. The number of rotatable bonds is 0. The fourth-order valence-corrected chi connectivity index (χ4v) is 2.40. The summed E-state index contributed by atoms with van der Waals surface area (Å²) < 4.78 is 0. The molecule has 0 radical (unpaired) electrons. The quantitative estimate of drug-likeness (QED) is 0.296. The normalized spacial score (nSPS) is 8.86. The predicted molar refractivity (Wildman–Crippen MR) is 85.7 cm³/mol. The fraction of sp³-hybridized carbons (Fsp3) is 0. The van der Waals surface area contributed by atoms with Crippen LogP contribution in [0.2, 0.25) is 0 Å². The number of hydrogen-bond donors (Lipinski definition) is 0. The van der Waals surface area contributed by atoms with Gasteiger partial charge in [-0.05, 0) is 21.5 Å². The second kappa shape index (κ2) is 13.3. The molecule has 0 aliphatic rings. The number of benzene rings is 4. The summed E-state index contributed by atoms with van der Waals surface area (Å²) in [7, 11) is 0. The Balaban J connectivity index is 0. The monoisotopic (exact) mass is 344 g/mol. The molecule has 0 spiro atoms. The maximum atomic E-state index is 10.9. The van der Waals surface area contributed by atoms with Crippen LogP contribution < -0.4 is 95.9 Å². The Kier molecular flexibility index (Phi) is 13.8. The Morgan fingerprint density at radius 2 is 0.536 bits per heavy atom. The van der Waals surface area contributed by atoms with Crippen LogP contribution in [-0.2, 0) is 0 Å². The van der Waals surface area contributed by atoms with Crippen LogP contribution in [0.4, 0.5) is 0 Å². The molecule has 0 N–H and O–H groups in total. The van der Waals surface area contributed by atoms with E-state index in [1.54, 1.807) is 0 Å². The summed E-state index contributed by atoms with van der Waals surface area (Å²) >= 11 is 0. The average Bonchev–Trinajstić information content (AvgIpc) is 2.57. The molecule has 0 atom stereocenters. The van der Waals surface area contributed by atoms with Gasteiger partial charge in [-0.25, -0.2) is 0 Å². The van der Waals surface area contributed by atoms with Crippen molar-refractivity contribution in [3.05, 3.63) is 72.8 Å². The van der Waals surface area contributed by atoms with Crippen molar-refractivity contribution < 1.29 is 95.9 Å². The van der Waals surface area contributed by atoms with Gasteiger partial charge in [0.25, 0.3) is 0 Å². The molecule has 4 rings (SSSR count). The topological polar surface area (TPSA) is 92.2 Å². The molecule has 0 unspecified atom stereocenters. The zero-order valence-corrected chi connectivity index (χ0v) is 16.6. The van der Waals surface area contributed by atoms with Gasteiger partial charge in [0.1, 0.15) is 0 Å². The SMILES string of the molecule is [Li+].[Li+].[Li+].[Li+].[O-]c1cc2ccccc2cc1[O-].[O-]c1cc2ccccc2cc1[O-]. The first kappa shape index (κ1) is 29.2. The van der Waals surface area contributed by atoms with E-state index in [1.165, 1.54) is 24.3 Å². The summed E-state index contributed by atoms with van der Waals surface area (Å²) in [6.07, 6.45) is 0. The third-order valence-electron chi connectivity index (χ3n) is 3.62. The van der Waals surface area contributed by atoms with Crippen molar-refractivity contribution in [1.29, 1.82) is 0 Å². The van der Waals surface area contributed by atoms with Crippen molar-refractivity contribution in [3.8, 4) is 23.0 Å². The molecule has 0 heterocycles. The molecule has 0 saturated carbocycles. The zero-order valence-electron chi connectivity index (χ0n) is 16.6. The molecule has 0 aliphatic heterocycles. The van der Waals surface area contributed by atoms with Crippen molar-refractivity contribution in [2.45, 2.75) is 0 Å². The van der Waals surface area contributed by atoms with Crippen molar-refractivity contribution in [1.82, 2.24) is 0 Å². The molecule has 0 aliphatic carbocycles. The molecule has 4 aromatic rings. The molecule has 120 valence electrons. The molecule has 0 saturated heterocycles. The largest absolute Gasteiger partial charge is 1.00 e. The summed E-state index contributed by atoms with van der Waals surface area (Å²) in [6, 6.07) is 20.1. The second-order valence-corrected chi connectivity index (χ2v) is 5.29. The average molecular weight is 344 g/mol. The Morgan fingerprint density at radius 3 is 0.714 bits per heavy atom. The first-order valence-corrected chi connectivity index (χ1v) is 7.28. The van der Waals surface area contributed by atoms with Crippen molar-refractivity contribution in [2.75, 3.05) is 0 Å². The molecule has 4 nitrogen and oxygen atoms in total. The second-order valence-electron chi connectivity index (χ2n) is 5.29. The summed E-state index contributed by atoms with van der Waals surface area (Å²) in [5.41, 5.74) is 0.